The van der Waals surface area contributed by atoms with E-state index >= 15 is 0 Å². The van der Waals surface area contributed by atoms with Crippen LogP contribution in [0, 0.1) is 12.3 Å². The van der Waals surface area contributed by atoms with Crippen molar-refractivity contribution in [3.63, 3.8) is 0 Å². The first-order valence-electron chi connectivity index (χ1n) is 12.2. The number of hydrogen-bond donors (Lipinski definition) is 4. The van der Waals surface area contributed by atoms with Gasteiger partial charge in [0.25, 0.3) is 5.91 Å². The molecule has 224 valence electrons. The molecule has 0 aromatic heterocycles. The van der Waals surface area contributed by atoms with Gasteiger partial charge in [0.15, 0.2) is 0 Å². The number of terminal acetylenes is 1. The quantitative estimate of drug-likeness (QED) is 0.0735. The molecule has 0 heterocycles. The van der Waals surface area contributed by atoms with Gasteiger partial charge < -0.3 is 33.6 Å². The molecule has 0 saturated heterocycles. The number of hydrogen-bond acceptors (Lipinski definition) is 10. The predicted octanol–water partition coefficient (Wildman–Crippen LogP) is 3.22. The summed E-state index contributed by atoms with van der Waals surface area (Å²) in [6.45, 7) is 7.58. The number of ether oxygens (including phenoxy) is 2. The zero-order valence-electron chi connectivity index (χ0n) is 23.6. The number of benzene rings is 1. The van der Waals surface area contributed by atoms with Crippen molar-refractivity contribution >= 4 is 33.0 Å². The van der Waals surface area contributed by atoms with Crippen molar-refractivity contribution in [1.82, 2.24) is 15.3 Å². The van der Waals surface area contributed by atoms with Crippen molar-refractivity contribution in [3.05, 3.63) is 42.6 Å². The van der Waals surface area contributed by atoms with Crippen LogP contribution in [0.2, 0.25) is 0 Å². The first-order chi connectivity index (χ1) is 19.0. The molecule has 0 aliphatic carbocycles. The van der Waals surface area contributed by atoms with Crippen LogP contribution in [-0.2, 0) is 28.4 Å². The molecule has 1 rings (SSSR count). The lowest BCUT2D eigenvalue weighted by Crippen LogP contribution is -2.33. The number of carboxylic acid groups (broad SMARTS) is 2. The van der Waals surface area contributed by atoms with E-state index in [0.29, 0.717) is 18.6 Å². The van der Waals surface area contributed by atoms with Gasteiger partial charge >= 0.3 is 20.7 Å². The van der Waals surface area contributed by atoms with E-state index < -0.39 is 38.7 Å². The van der Waals surface area contributed by atoms with E-state index in [0.717, 1.165) is 0 Å². The average Bonchev–Trinajstić information content (AvgIpc) is 2.91. The van der Waals surface area contributed by atoms with Crippen LogP contribution in [0.25, 0.3) is 0 Å². The summed E-state index contributed by atoms with van der Waals surface area (Å²) in [5, 5.41) is 18.9. The maximum absolute atomic E-state index is 11.9. The Morgan fingerprint density at radius 1 is 1.18 bits per heavy atom. The number of nitrogens with one attached hydrogen (secondary N) is 2. The Morgan fingerprint density at radius 3 is 2.27 bits per heavy atom. The van der Waals surface area contributed by atoms with E-state index in [4.69, 9.17) is 40.0 Å². The van der Waals surface area contributed by atoms with Gasteiger partial charge in [-0.05, 0) is 26.0 Å². The second-order valence-corrected chi connectivity index (χ2v) is 8.77. The number of carbonyl (C=O) groups excluding carboxylic acids is 3. The zero-order chi connectivity index (χ0) is 30.9. The minimum atomic E-state index is -1.83. The van der Waals surface area contributed by atoms with Gasteiger partial charge in [-0.2, -0.15) is 0 Å². The largest absolute Gasteiger partial charge is 0.503 e. The molecule has 0 fully saturated rings. The van der Waals surface area contributed by atoms with Crippen LogP contribution >= 0.6 is 8.53 Å². The number of esters is 1. The molecule has 13 nitrogen and oxygen atoms in total. The third-order valence-electron chi connectivity index (χ3n) is 4.19. The van der Waals surface area contributed by atoms with Crippen molar-refractivity contribution in [2.24, 2.45) is 0 Å². The number of para-hydroxylation sites is 1. The monoisotopic (exact) mass is 585 g/mol. The molecule has 2 amide bonds. The van der Waals surface area contributed by atoms with Gasteiger partial charge in [0, 0.05) is 32.9 Å². The van der Waals surface area contributed by atoms with Crippen molar-refractivity contribution in [2.75, 3.05) is 27.3 Å². The number of methoxy groups -OCH3 is 1. The summed E-state index contributed by atoms with van der Waals surface area (Å²) in [4.78, 5) is 43.9. The van der Waals surface area contributed by atoms with E-state index in [2.05, 4.69) is 11.0 Å². The summed E-state index contributed by atoms with van der Waals surface area (Å²) < 4.78 is 22.4. The fourth-order valence-electron chi connectivity index (χ4n) is 2.49. The molecule has 40 heavy (non-hydrogen) atoms. The molecule has 3 unspecified atom stereocenters. The van der Waals surface area contributed by atoms with Crippen LogP contribution in [-0.4, -0.2) is 85.1 Å². The summed E-state index contributed by atoms with van der Waals surface area (Å²) in [6.07, 6.45) is 6.54. The van der Waals surface area contributed by atoms with Crippen LogP contribution in [0.5, 0.6) is 5.75 Å². The summed E-state index contributed by atoms with van der Waals surface area (Å²) in [7, 11) is 1.54. The first-order valence-corrected chi connectivity index (χ1v) is 13.3. The van der Waals surface area contributed by atoms with Gasteiger partial charge in [-0.25, -0.2) is 9.88 Å². The SMILES string of the molecule is C#CC(CC(COP(NCC(=O)OC(C)C)Oc1ccccc1)OC)N(C)/C=C\C(=O)NC=O.CC.O=C(O)O. The molecule has 1 aromatic carbocycles. The Labute approximate surface area is 236 Å². The molecule has 0 aliphatic heterocycles. The fraction of sp³-hybridized carbons (Fsp3) is 0.462. The molecule has 0 radical (unpaired) electrons. The van der Waals surface area contributed by atoms with E-state index in [1.165, 1.54) is 19.4 Å². The number of amides is 2. The normalized spacial score (nSPS) is 12.2. The van der Waals surface area contributed by atoms with E-state index in [-0.39, 0.29) is 19.3 Å². The average molecular weight is 586 g/mol. The molecule has 0 spiro atoms. The van der Waals surface area contributed by atoms with Crippen molar-refractivity contribution in [1.29, 1.82) is 0 Å². The third kappa shape index (κ3) is 21.3. The highest BCUT2D eigenvalue weighted by molar-refractivity contribution is 7.45. The van der Waals surface area contributed by atoms with Gasteiger partial charge in [0.05, 0.1) is 24.9 Å². The summed E-state index contributed by atoms with van der Waals surface area (Å²) >= 11 is 0. The van der Waals surface area contributed by atoms with E-state index in [1.54, 1.807) is 37.9 Å². The van der Waals surface area contributed by atoms with Gasteiger partial charge in [0.2, 0.25) is 6.41 Å². The Kier molecular flexibility index (Phi) is 23.4. The molecular formula is C26H40N3O10P. The summed E-state index contributed by atoms with van der Waals surface area (Å²) in [5.74, 6) is 2.23. The molecule has 0 aliphatic rings. The number of nitrogens with zero attached hydrogens (tertiary/aromatic N) is 1. The second kappa shape index (κ2) is 24.4. The predicted molar refractivity (Wildman–Crippen MR) is 150 cm³/mol. The minimum Gasteiger partial charge on any atom is -0.462 e. The van der Waals surface area contributed by atoms with Crippen LogP contribution in [0.15, 0.2) is 42.6 Å². The van der Waals surface area contributed by atoms with Crippen molar-refractivity contribution in [3.8, 4) is 18.1 Å². The second-order valence-electron chi connectivity index (χ2n) is 7.50. The minimum absolute atomic E-state index is 0.0856. The zero-order valence-corrected chi connectivity index (χ0v) is 24.5. The molecule has 4 N–H and O–H groups in total. The molecular weight excluding hydrogens is 545 g/mol. The molecule has 3 atom stereocenters. The summed E-state index contributed by atoms with van der Waals surface area (Å²) in [6, 6.07) is 8.64. The third-order valence-corrected chi connectivity index (χ3v) is 5.37. The highest BCUT2D eigenvalue weighted by atomic mass is 31.2. The van der Waals surface area contributed by atoms with Gasteiger partial charge in [-0.3, -0.25) is 19.7 Å². The molecule has 1 aromatic rings. The molecule has 0 bridgehead atoms. The van der Waals surface area contributed by atoms with Gasteiger partial charge in [0.1, 0.15) is 12.3 Å². The summed E-state index contributed by atoms with van der Waals surface area (Å²) in [5.41, 5.74) is 0. The lowest BCUT2D eigenvalue weighted by Gasteiger charge is -2.27. The lowest BCUT2D eigenvalue weighted by atomic mass is 10.1. The maximum atomic E-state index is 11.9. The number of imide groups is 1. The molecule has 14 heteroatoms. The maximum Gasteiger partial charge on any atom is 0.503 e. The topological polar surface area (TPSA) is 173 Å². The van der Waals surface area contributed by atoms with Crippen molar-refractivity contribution < 1.29 is 47.9 Å². The Morgan fingerprint density at radius 2 is 1.77 bits per heavy atom. The van der Waals surface area contributed by atoms with E-state index in [1.807, 2.05) is 37.4 Å². The Hall–Kier alpha value is -3.69. The van der Waals surface area contributed by atoms with Crippen LogP contribution in [0.3, 0.4) is 0 Å². The fourth-order valence-corrected chi connectivity index (χ4v) is 3.58. The van der Waals surface area contributed by atoms with Crippen LogP contribution in [0.1, 0.15) is 34.1 Å². The highest BCUT2D eigenvalue weighted by Gasteiger charge is 2.22. The Bertz CT molecular complexity index is 921. The van der Waals surface area contributed by atoms with Crippen LogP contribution in [0.4, 0.5) is 4.79 Å². The highest BCUT2D eigenvalue weighted by Crippen LogP contribution is 2.35. The number of rotatable bonds is 16. The lowest BCUT2D eigenvalue weighted by molar-refractivity contribution is -0.146. The van der Waals surface area contributed by atoms with E-state index in [9.17, 15) is 14.4 Å². The number of carbonyl (C=O) groups is 4. The van der Waals surface area contributed by atoms with Crippen molar-refractivity contribution in [2.45, 2.75) is 52.4 Å². The van der Waals surface area contributed by atoms with Gasteiger partial charge in [-0.15, -0.1) is 6.42 Å². The first kappa shape index (κ1) is 38.5. The standard InChI is InChI=1S/C23H32N3O7P.C2H6.CH2O3/c1-6-19(26(4)13-12-22(28)24-17-27)14-21(30-5)16-31-34(25-15-23(29)32-18(2)3)33-20-10-8-7-9-11-20;1-2;2-1(3)4/h1,7-13,17-19,21,25H,14-16H2,2-5H3,(H,24,27,28);1-2H3;(H2,2,3,4)/b13-12-;;. The Balaban J connectivity index is 0. The smallest absolute Gasteiger partial charge is 0.462 e. The van der Waals surface area contributed by atoms with Gasteiger partial charge in [-0.1, -0.05) is 38.0 Å². The van der Waals surface area contributed by atoms with Crippen LogP contribution < -0.4 is 14.9 Å². The molecule has 0 saturated carbocycles.